The van der Waals surface area contributed by atoms with Crippen LogP contribution < -0.4 is 16.3 Å². The van der Waals surface area contributed by atoms with Crippen LogP contribution in [0.2, 0.25) is 0 Å². The van der Waals surface area contributed by atoms with Crippen molar-refractivity contribution in [2.24, 2.45) is 0 Å². The van der Waals surface area contributed by atoms with Crippen molar-refractivity contribution < 1.29 is 0 Å². The smallest absolute Gasteiger partial charge is 0.195 e. The molecule has 3 heteroatoms. The predicted octanol–water partition coefficient (Wildman–Crippen LogP) is 28.7. The highest BCUT2D eigenvalue weighted by Gasteiger charge is 2.39. The molecule has 0 aliphatic rings. The van der Waals surface area contributed by atoms with Gasteiger partial charge < -0.3 is 0 Å². The fourth-order valence-electron chi connectivity index (χ4n) is 18.3. The molecule has 0 aliphatic heterocycles. The second-order valence-electron chi connectivity index (χ2n) is 32.4. The zero-order valence-electron chi connectivity index (χ0n) is 66.4. The molecule has 0 saturated heterocycles. The maximum absolute atomic E-state index is 18.9. The zero-order valence-corrected chi connectivity index (χ0v) is 66.4. The molecular weight excluding hydrogens is 1380 g/mol. The number of rotatable bonds is 12. The summed E-state index contributed by atoms with van der Waals surface area (Å²) in [6.07, 6.45) is 0. The summed E-state index contributed by atoms with van der Waals surface area (Å²) in [5.41, 5.74) is 33.1. The Morgan fingerprint density at radius 3 is 0.316 bits per heavy atom. The normalized spacial score (nSPS) is 11.8. The van der Waals surface area contributed by atoms with Gasteiger partial charge in [0, 0.05) is 81.3 Å². The second-order valence-corrected chi connectivity index (χ2v) is 32.4. The molecule has 19 rings (SSSR count). The van der Waals surface area contributed by atoms with Crippen LogP contribution in [0.25, 0.3) is 198 Å². The van der Waals surface area contributed by atoms with Gasteiger partial charge in [-0.15, -0.1) is 0 Å². The van der Waals surface area contributed by atoms with Gasteiger partial charge in [0.25, 0.3) is 0 Å². The summed E-state index contributed by atoms with van der Waals surface area (Å²) in [5.74, 6) is 0. The highest BCUT2D eigenvalue weighted by atomic mass is 16.1. The summed E-state index contributed by atoms with van der Waals surface area (Å²) in [7, 11) is 0. The van der Waals surface area contributed by atoms with E-state index < -0.39 is 0 Å². The van der Waals surface area contributed by atoms with Crippen molar-refractivity contribution >= 4 is 64.6 Å². The van der Waals surface area contributed by atoms with Crippen LogP contribution in [0.15, 0.2) is 306 Å². The molecule has 0 aliphatic carbocycles. The maximum Gasteiger partial charge on any atom is 0.195 e. The summed E-state index contributed by atoms with van der Waals surface area (Å²) in [4.78, 5) is 56.8. The Balaban J connectivity index is 1.24. The molecule has 0 spiro atoms. The van der Waals surface area contributed by atoms with Gasteiger partial charge in [0.05, 0.1) is 0 Å². The SMILES string of the molecule is Cc1ccc(-c2c(-c3ccc(C)cc3)c(-c3ccc(C)cc3)c3c(c2-c2ccc(C)cc2)c(=O)c2c3c3c(=O)c4c(-c5ccc(C)cc5)c(-c5ccc(C)cc5)c(-c5ccc(C)cc5)c(-c5ccc(C)cc5)c4c3c3c(=O)c4c(-c5ccc(C)cc5)c(-c5ccc(C)cc5)c(-c5ccc(C)cc5)c(-c5ccc(C)cc5)c4c23)cc1. The van der Waals surface area contributed by atoms with Gasteiger partial charge in [-0.1, -0.05) is 358 Å². The number of hydrogen-bond donors (Lipinski definition) is 0. The molecule has 0 fully saturated rings. The first-order chi connectivity index (χ1) is 55.3. The van der Waals surface area contributed by atoms with Gasteiger partial charge in [-0.3, -0.25) is 14.4 Å². The Morgan fingerprint density at radius 1 is 0.105 bits per heavy atom. The predicted molar refractivity (Wildman–Crippen MR) is 486 cm³/mol. The largest absolute Gasteiger partial charge is 0.289 e. The second kappa shape index (κ2) is 27.5. The summed E-state index contributed by atoms with van der Waals surface area (Å²) in [6.45, 7) is 25.4. The summed E-state index contributed by atoms with van der Waals surface area (Å²) < 4.78 is 0. The number of aryl methyl sites for hydroxylation is 12. The van der Waals surface area contributed by atoms with E-state index >= 15 is 14.4 Å². The molecule has 0 radical (unpaired) electrons. The summed E-state index contributed by atoms with van der Waals surface area (Å²) >= 11 is 0. The molecular formula is C111H84O3. The fourth-order valence-corrected chi connectivity index (χ4v) is 18.3. The van der Waals surface area contributed by atoms with Crippen LogP contribution in [0.4, 0.5) is 0 Å². The van der Waals surface area contributed by atoms with E-state index in [9.17, 15) is 0 Å². The first kappa shape index (κ1) is 70.9. The fraction of sp³-hybridized carbons (Fsp3) is 0.108. The van der Waals surface area contributed by atoms with E-state index in [1.165, 1.54) is 0 Å². The topological polar surface area (TPSA) is 51.2 Å². The van der Waals surface area contributed by atoms with Crippen LogP contribution in [0.5, 0.6) is 0 Å². The molecule has 3 nitrogen and oxygen atoms in total. The van der Waals surface area contributed by atoms with Gasteiger partial charge in [-0.05, 0) is 200 Å². The Labute approximate surface area is 665 Å². The molecule has 0 unspecified atom stereocenters. The van der Waals surface area contributed by atoms with Crippen LogP contribution in [-0.4, -0.2) is 0 Å². The van der Waals surface area contributed by atoms with E-state index in [-0.39, 0.29) is 16.3 Å². The summed E-state index contributed by atoms with van der Waals surface area (Å²) in [6, 6.07) is 105. The Morgan fingerprint density at radius 2 is 0.202 bits per heavy atom. The minimum absolute atomic E-state index is 0.263. The van der Waals surface area contributed by atoms with Gasteiger partial charge in [-0.25, -0.2) is 0 Å². The van der Waals surface area contributed by atoms with Gasteiger partial charge in [0.15, 0.2) is 16.3 Å². The van der Waals surface area contributed by atoms with Crippen molar-refractivity contribution in [1.82, 2.24) is 0 Å². The highest BCUT2D eigenvalue weighted by molar-refractivity contribution is 6.49. The lowest BCUT2D eigenvalue weighted by Crippen LogP contribution is -2.02. The Hall–Kier alpha value is -13.5. The van der Waals surface area contributed by atoms with Gasteiger partial charge in [0.1, 0.15) is 0 Å². The molecule has 114 heavy (non-hydrogen) atoms. The lowest BCUT2D eigenvalue weighted by Gasteiger charge is -2.24. The number of hydrogen-bond acceptors (Lipinski definition) is 3. The molecule has 19 aromatic rings. The van der Waals surface area contributed by atoms with E-state index in [1.54, 1.807) is 0 Å². The number of fused-ring (bicyclic) bond motifs is 12. The molecule has 546 valence electrons. The lowest BCUT2D eigenvalue weighted by molar-refractivity contribution is 1.45. The first-order valence-electron chi connectivity index (χ1n) is 39.7. The average Bonchev–Trinajstić information content (AvgIpc) is 1.48. The van der Waals surface area contributed by atoms with E-state index in [1.807, 2.05) is 0 Å². The standard InChI is InChI=1S/C111H84O3/c1-61-13-37-73(38-14-61)85-88(76-43-19-64(4)20-44-76)94(82-55-31-70(10)32-56-82)103-97(91(85)79-49-25-67(7)26-50-79)100-106(109(103)112)101-98-92(80-51-27-68(8)28-52-80)87(75-41-17-63(3)18-42-75)90(78-47-23-66(6)24-48-78)96(84-59-35-72(12)36-60-84)105(98)111(114)108(101)102-99-93(81-53-29-69(9)30-54-81)86(74-39-15-62(2)16-40-74)89(77-45-21-65(5)22-46-77)95(104(99)110(113)107(100)102)83-57-33-71(11)34-58-83/h13-60H,1-12H3. The van der Waals surface area contributed by atoms with Crippen LogP contribution in [0.1, 0.15) is 66.8 Å². The minimum atomic E-state index is -0.263. The van der Waals surface area contributed by atoms with E-state index in [0.717, 1.165) is 200 Å². The molecule has 0 saturated carbocycles. The van der Waals surface area contributed by atoms with Crippen molar-refractivity contribution in [1.29, 1.82) is 0 Å². The lowest BCUT2D eigenvalue weighted by atomic mass is 9.78. The van der Waals surface area contributed by atoms with Gasteiger partial charge in [0.2, 0.25) is 0 Å². The third-order valence-corrected chi connectivity index (χ3v) is 24.2. The van der Waals surface area contributed by atoms with Crippen molar-refractivity contribution in [3.63, 3.8) is 0 Å². The minimum Gasteiger partial charge on any atom is -0.289 e. The Kier molecular flexibility index (Phi) is 17.1. The highest BCUT2D eigenvalue weighted by Crippen LogP contribution is 2.61. The molecule has 0 N–H and O–H groups in total. The first-order valence-corrected chi connectivity index (χ1v) is 39.7. The quantitative estimate of drug-likeness (QED) is 0.122. The van der Waals surface area contributed by atoms with Crippen LogP contribution >= 0.6 is 0 Å². The zero-order chi connectivity index (χ0) is 78.4. The van der Waals surface area contributed by atoms with Crippen molar-refractivity contribution in [2.75, 3.05) is 0 Å². The third-order valence-electron chi connectivity index (χ3n) is 24.2. The maximum atomic E-state index is 18.9. The van der Waals surface area contributed by atoms with E-state index in [0.29, 0.717) is 64.6 Å². The van der Waals surface area contributed by atoms with E-state index in [2.05, 4.69) is 374 Å². The molecule has 0 aromatic heterocycles. The van der Waals surface area contributed by atoms with Crippen LogP contribution in [-0.2, 0) is 0 Å². The molecule has 0 amide bonds. The van der Waals surface area contributed by atoms with E-state index in [4.69, 9.17) is 0 Å². The molecule has 0 bridgehead atoms. The van der Waals surface area contributed by atoms with Crippen molar-refractivity contribution in [3.05, 3.63) is 389 Å². The molecule has 0 heterocycles. The van der Waals surface area contributed by atoms with Crippen molar-refractivity contribution in [2.45, 2.75) is 83.1 Å². The monoisotopic (exact) mass is 1460 g/mol. The molecule has 19 aromatic carbocycles. The summed E-state index contributed by atoms with van der Waals surface area (Å²) in [5, 5.41) is 5.91. The van der Waals surface area contributed by atoms with Gasteiger partial charge >= 0.3 is 0 Å². The third kappa shape index (κ3) is 11.4. The Bertz CT molecular complexity index is 6550. The van der Waals surface area contributed by atoms with Crippen molar-refractivity contribution in [3.8, 4) is 134 Å². The van der Waals surface area contributed by atoms with Crippen LogP contribution in [0, 0.1) is 83.1 Å². The molecule has 0 atom stereocenters. The average molecular weight is 1470 g/mol. The van der Waals surface area contributed by atoms with Crippen LogP contribution in [0.3, 0.4) is 0 Å². The van der Waals surface area contributed by atoms with Gasteiger partial charge in [-0.2, -0.15) is 0 Å². The number of benzene rings is 16.